The van der Waals surface area contributed by atoms with E-state index in [1.165, 1.54) is 5.69 Å². The van der Waals surface area contributed by atoms with Crippen molar-refractivity contribution >= 4 is 28.8 Å². The lowest BCUT2D eigenvalue weighted by Gasteiger charge is -2.33. The van der Waals surface area contributed by atoms with Gasteiger partial charge in [-0.05, 0) is 43.5 Å². The lowest BCUT2D eigenvalue weighted by Crippen LogP contribution is -2.39. The quantitative estimate of drug-likeness (QED) is 0.830. The van der Waals surface area contributed by atoms with Crippen molar-refractivity contribution in [2.24, 2.45) is 11.7 Å². The summed E-state index contributed by atoms with van der Waals surface area (Å²) in [5.74, 6) is 0.304. The molecule has 1 aromatic rings. The van der Waals surface area contributed by atoms with Crippen LogP contribution in [0.2, 0.25) is 0 Å². The molecule has 1 fully saturated rings. The van der Waals surface area contributed by atoms with E-state index in [0.29, 0.717) is 4.99 Å². The number of hydrogen-bond donors (Lipinski definition) is 2. The van der Waals surface area contributed by atoms with Crippen LogP contribution >= 0.6 is 12.2 Å². The van der Waals surface area contributed by atoms with E-state index in [-0.39, 0.29) is 11.8 Å². The molecule has 20 heavy (non-hydrogen) atoms. The summed E-state index contributed by atoms with van der Waals surface area (Å²) in [7, 11) is 1.70. The molecule has 0 saturated carbocycles. The number of carbonyl (C=O) groups is 1. The zero-order valence-corrected chi connectivity index (χ0v) is 12.8. The van der Waals surface area contributed by atoms with E-state index < -0.39 is 0 Å². The Hall–Kier alpha value is -1.62. The molecule has 4 nitrogen and oxygen atoms in total. The Bertz CT molecular complexity index is 522. The van der Waals surface area contributed by atoms with Crippen LogP contribution in [0.4, 0.5) is 5.69 Å². The van der Waals surface area contributed by atoms with Gasteiger partial charge in [-0.15, -0.1) is 0 Å². The topological polar surface area (TPSA) is 58.4 Å². The van der Waals surface area contributed by atoms with Crippen LogP contribution in [0.15, 0.2) is 18.2 Å². The van der Waals surface area contributed by atoms with Gasteiger partial charge >= 0.3 is 0 Å². The fraction of sp³-hybridized carbons (Fsp3) is 0.467. The highest BCUT2D eigenvalue weighted by molar-refractivity contribution is 7.80. The first-order chi connectivity index (χ1) is 9.52. The maximum absolute atomic E-state index is 11.6. The van der Waals surface area contributed by atoms with Crippen LogP contribution in [0.5, 0.6) is 0 Å². The monoisotopic (exact) mass is 291 g/mol. The van der Waals surface area contributed by atoms with E-state index in [2.05, 4.69) is 22.3 Å². The number of carbonyl (C=O) groups excluding carboxylic acids is 1. The lowest BCUT2D eigenvalue weighted by molar-refractivity contribution is -0.125. The predicted octanol–water partition coefficient (Wildman–Crippen LogP) is 1.59. The fourth-order valence-electron chi connectivity index (χ4n) is 2.73. The molecule has 1 amide bonds. The van der Waals surface area contributed by atoms with Crippen LogP contribution in [0.1, 0.15) is 24.0 Å². The van der Waals surface area contributed by atoms with Crippen LogP contribution in [0, 0.1) is 12.8 Å². The Morgan fingerprint density at radius 3 is 2.55 bits per heavy atom. The summed E-state index contributed by atoms with van der Waals surface area (Å²) in [5, 5.41) is 2.73. The summed E-state index contributed by atoms with van der Waals surface area (Å²) in [6.45, 7) is 3.84. The number of hydrogen-bond acceptors (Lipinski definition) is 3. The normalized spacial score (nSPS) is 16.0. The van der Waals surface area contributed by atoms with E-state index in [9.17, 15) is 4.79 Å². The first-order valence-electron chi connectivity index (χ1n) is 6.90. The highest BCUT2D eigenvalue weighted by Gasteiger charge is 2.24. The number of benzene rings is 1. The molecule has 0 bridgehead atoms. The summed E-state index contributed by atoms with van der Waals surface area (Å²) < 4.78 is 0. The molecule has 1 aliphatic heterocycles. The fourth-order valence-corrected chi connectivity index (χ4v) is 2.95. The smallest absolute Gasteiger partial charge is 0.222 e. The first kappa shape index (κ1) is 14.8. The van der Waals surface area contributed by atoms with Gasteiger partial charge in [-0.1, -0.05) is 12.2 Å². The Morgan fingerprint density at radius 1 is 1.40 bits per heavy atom. The Balaban J connectivity index is 2.06. The Kier molecular flexibility index (Phi) is 4.60. The second-order valence-electron chi connectivity index (χ2n) is 5.24. The highest BCUT2D eigenvalue weighted by Crippen LogP contribution is 2.25. The van der Waals surface area contributed by atoms with Crippen LogP contribution in [-0.2, 0) is 4.79 Å². The first-order valence-corrected chi connectivity index (χ1v) is 7.30. The number of nitrogens with zero attached hydrogens (tertiary/aromatic N) is 1. The van der Waals surface area contributed by atoms with Crippen LogP contribution < -0.4 is 16.0 Å². The maximum Gasteiger partial charge on any atom is 0.222 e. The molecule has 1 heterocycles. The third-order valence-corrected chi connectivity index (χ3v) is 4.17. The number of amides is 1. The van der Waals surface area contributed by atoms with Gasteiger partial charge in [-0.2, -0.15) is 0 Å². The van der Waals surface area contributed by atoms with Gasteiger partial charge in [0.25, 0.3) is 0 Å². The zero-order chi connectivity index (χ0) is 14.7. The molecule has 2 rings (SSSR count). The highest BCUT2D eigenvalue weighted by atomic mass is 32.1. The number of rotatable bonds is 3. The molecule has 0 spiro atoms. The van der Waals surface area contributed by atoms with Gasteiger partial charge in [-0.3, -0.25) is 4.79 Å². The molecule has 0 aliphatic carbocycles. The lowest BCUT2D eigenvalue weighted by atomic mass is 9.95. The summed E-state index contributed by atoms with van der Waals surface area (Å²) in [5.41, 5.74) is 8.90. The Morgan fingerprint density at radius 2 is 2.05 bits per heavy atom. The van der Waals surface area contributed by atoms with E-state index in [0.717, 1.165) is 37.1 Å². The molecule has 1 aromatic carbocycles. The van der Waals surface area contributed by atoms with Crippen molar-refractivity contribution in [2.75, 3.05) is 25.0 Å². The van der Waals surface area contributed by atoms with Crippen molar-refractivity contribution in [1.29, 1.82) is 0 Å². The minimum absolute atomic E-state index is 0.147. The number of aryl methyl sites for hydroxylation is 1. The van der Waals surface area contributed by atoms with Crippen molar-refractivity contribution in [3.8, 4) is 0 Å². The predicted molar refractivity (Wildman–Crippen MR) is 86.1 cm³/mol. The number of nitrogens with one attached hydrogen (secondary N) is 1. The van der Waals surface area contributed by atoms with Gasteiger partial charge in [0.2, 0.25) is 5.91 Å². The van der Waals surface area contributed by atoms with E-state index in [4.69, 9.17) is 18.0 Å². The summed E-state index contributed by atoms with van der Waals surface area (Å²) >= 11 is 5.03. The van der Waals surface area contributed by atoms with Gasteiger partial charge in [0.05, 0.1) is 0 Å². The molecule has 3 N–H and O–H groups in total. The van der Waals surface area contributed by atoms with Gasteiger partial charge < -0.3 is 16.0 Å². The molecular weight excluding hydrogens is 270 g/mol. The van der Waals surface area contributed by atoms with Crippen molar-refractivity contribution in [3.63, 3.8) is 0 Å². The van der Waals surface area contributed by atoms with Crippen molar-refractivity contribution < 1.29 is 4.79 Å². The second kappa shape index (κ2) is 6.22. The number of anilines is 1. The number of nitrogens with two attached hydrogens (primary N) is 1. The third-order valence-electron chi connectivity index (χ3n) is 3.95. The number of piperidine rings is 1. The zero-order valence-electron chi connectivity index (χ0n) is 12.0. The molecule has 0 aromatic heterocycles. The summed E-state index contributed by atoms with van der Waals surface area (Å²) in [6, 6.07) is 6.16. The van der Waals surface area contributed by atoms with Crippen molar-refractivity contribution in [1.82, 2.24) is 5.32 Å². The van der Waals surface area contributed by atoms with Gasteiger partial charge in [0, 0.05) is 37.3 Å². The minimum Gasteiger partial charge on any atom is -0.389 e. The minimum atomic E-state index is 0.147. The van der Waals surface area contributed by atoms with Crippen LogP contribution in [0.25, 0.3) is 0 Å². The third kappa shape index (κ3) is 3.10. The molecule has 0 atom stereocenters. The van der Waals surface area contributed by atoms with Crippen molar-refractivity contribution in [2.45, 2.75) is 19.8 Å². The summed E-state index contributed by atoms with van der Waals surface area (Å²) in [6.07, 6.45) is 1.80. The molecule has 1 saturated heterocycles. The second-order valence-corrected chi connectivity index (χ2v) is 5.68. The van der Waals surface area contributed by atoms with Crippen molar-refractivity contribution in [3.05, 3.63) is 29.3 Å². The van der Waals surface area contributed by atoms with E-state index in [1.807, 2.05) is 13.0 Å². The number of thiocarbonyl (C=S) groups is 1. The molecule has 108 valence electrons. The SMILES string of the molecule is CNC(=O)C1CCN(c2ccc(C(N)=S)c(C)c2)CC1. The molecular formula is C15H21N3OS. The standard InChI is InChI=1S/C15H21N3OS/c1-10-9-12(3-4-13(10)14(16)20)18-7-5-11(6-8-18)15(19)17-2/h3-4,9,11H,5-8H2,1-2H3,(H2,16,20)(H,17,19). The molecule has 5 heteroatoms. The largest absolute Gasteiger partial charge is 0.389 e. The van der Waals surface area contributed by atoms with Crippen LogP contribution in [0.3, 0.4) is 0 Å². The van der Waals surface area contributed by atoms with E-state index >= 15 is 0 Å². The van der Waals surface area contributed by atoms with Gasteiger partial charge in [0.15, 0.2) is 0 Å². The van der Waals surface area contributed by atoms with Crippen LogP contribution in [-0.4, -0.2) is 31.0 Å². The average Bonchev–Trinajstić information content (AvgIpc) is 2.46. The Labute approximate surface area is 125 Å². The van der Waals surface area contributed by atoms with Gasteiger partial charge in [0.1, 0.15) is 4.99 Å². The summed E-state index contributed by atoms with van der Waals surface area (Å²) in [4.78, 5) is 14.4. The average molecular weight is 291 g/mol. The van der Waals surface area contributed by atoms with E-state index in [1.54, 1.807) is 7.05 Å². The molecule has 1 aliphatic rings. The maximum atomic E-state index is 11.6. The molecule has 0 unspecified atom stereocenters. The van der Waals surface area contributed by atoms with Gasteiger partial charge in [-0.25, -0.2) is 0 Å². The molecule has 0 radical (unpaired) electrons.